The lowest BCUT2D eigenvalue weighted by molar-refractivity contribution is 0.305. The van der Waals surface area contributed by atoms with Crippen LogP contribution in [0.3, 0.4) is 0 Å². The maximum Gasteiger partial charge on any atom is 0.193 e. The third-order valence-electron chi connectivity index (χ3n) is 6.04. The molecule has 3 heterocycles. The van der Waals surface area contributed by atoms with Crippen LogP contribution in [0.5, 0.6) is 5.75 Å². The minimum absolute atomic E-state index is 0.0414. The van der Waals surface area contributed by atoms with E-state index >= 15 is 0 Å². The molecule has 2 aliphatic rings. The Hall–Kier alpha value is -3.67. The van der Waals surface area contributed by atoms with Crippen LogP contribution in [0.25, 0.3) is 0 Å². The van der Waals surface area contributed by atoms with Gasteiger partial charge in [0.1, 0.15) is 28.0 Å². The number of halogens is 1. The molecule has 0 amide bonds. The first-order valence-electron chi connectivity index (χ1n) is 12.4. The number of sulfone groups is 1. The van der Waals surface area contributed by atoms with Crippen molar-refractivity contribution in [3.63, 3.8) is 0 Å². The van der Waals surface area contributed by atoms with Crippen LogP contribution in [0, 0.1) is 11.7 Å². The third-order valence-corrected chi connectivity index (χ3v) is 7.89. The minimum Gasteiger partial charge on any atom is -0.489 e. The zero-order chi connectivity index (χ0) is 27.2. The van der Waals surface area contributed by atoms with Gasteiger partial charge in [0.15, 0.2) is 5.13 Å². The van der Waals surface area contributed by atoms with Crippen LogP contribution in [0.2, 0.25) is 0 Å². The van der Waals surface area contributed by atoms with E-state index in [9.17, 15) is 12.8 Å². The molecule has 0 bridgehead atoms. The molecule has 0 spiro atoms. The van der Waals surface area contributed by atoms with Crippen LogP contribution >= 0.6 is 11.3 Å². The predicted molar refractivity (Wildman–Crippen MR) is 154 cm³/mol. The number of thiazole rings is 1. The van der Waals surface area contributed by atoms with E-state index in [4.69, 9.17) is 14.7 Å². The first kappa shape index (κ1) is 26.9. The van der Waals surface area contributed by atoms with Crippen LogP contribution in [0.1, 0.15) is 11.3 Å². The Labute approximate surface area is 231 Å². The first-order chi connectivity index (χ1) is 18.8. The number of ether oxygens (including phenoxy) is 1. The number of fused-ring (bicyclic) bond motifs is 1. The smallest absolute Gasteiger partial charge is 0.193 e. The molecule has 202 valence electrons. The summed E-state index contributed by atoms with van der Waals surface area (Å²) in [6.07, 6.45) is 9.26. The molecule has 8 nitrogen and oxygen atoms in total. The van der Waals surface area contributed by atoms with Crippen molar-refractivity contribution in [1.29, 1.82) is 0 Å². The molecule has 0 saturated heterocycles. The molecule has 1 unspecified atom stereocenters. The number of nitrogens with zero attached hydrogens (tertiary/aromatic N) is 4. The molecule has 5 rings (SSSR count). The van der Waals surface area contributed by atoms with Crippen molar-refractivity contribution < 1.29 is 17.5 Å². The quantitative estimate of drug-likeness (QED) is 0.359. The normalized spacial score (nSPS) is 17.8. The van der Waals surface area contributed by atoms with Crippen LogP contribution in [-0.2, 0) is 23.0 Å². The van der Waals surface area contributed by atoms with Crippen LogP contribution in [-0.4, -0.2) is 50.4 Å². The summed E-state index contributed by atoms with van der Waals surface area (Å²) in [4.78, 5) is 16.0. The molecule has 0 fully saturated rings. The summed E-state index contributed by atoms with van der Waals surface area (Å²) < 4.78 is 41.8. The van der Waals surface area contributed by atoms with Crippen molar-refractivity contribution in [3.8, 4) is 5.75 Å². The second-order valence-electron chi connectivity index (χ2n) is 9.25. The third kappa shape index (κ3) is 7.47. The Bertz CT molecular complexity index is 1550. The Morgan fingerprint density at radius 3 is 2.87 bits per heavy atom. The van der Waals surface area contributed by atoms with Gasteiger partial charge in [-0.05, 0) is 42.0 Å². The highest BCUT2D eigenvalue weighted by Crippen LogP contribution is 2.30. The van der Waals surface area contributed by atoms with Gasteiger partial charge in [0, 0.05) is 54.8 Å². The van der Waals surface area contributed by atoms with E-state index in [0.29, 0.717) is 25.4 Å². The summed E-state index contributed by atoms with van der Waals surface area (Å²) in [5.41, 5.74) is 4.35. The van der Waals surface area contributed by atoms with Gasteiger partial charge >= 0.3 is 0 Å². The van der Waals surface area contributed by atoms with Gasteiger partial charge in [0.25, 0.3) is 0 Å². The second kappa shape index (κ2) is 12.0. The SMILES string of the molecule is CS(=O)(=O)CCNCc1csc(N2C=CC3C=NCC(=Nc4ccc(OCc5cccc(F)c5)cc4)C3=C2)n1. The molecule has 39 heavy (non-hydrogen) atoms. The largest absolute Gasteiger partial charge is 0.489 e. The summed E-state index contributed by atoms with van der Waals surface area (Å²) in [5.74, 6) is 0.537. The second-order valence-corrected chi connectivity index (χ2v) is 12.3. The van der Waals surface area contributed by atoms with Gasteiger partial charge < -0.3 is 15.0 Å². The van der Waals surface area contributed by atoms with Crippen molar-refractivity contribution in [3.05, 3.63) is 95.0 Å². The average molecular weight is 566 g/mol. The Balaban J connectivity index is 1.24. The molecule has 0 saturated carbocycles. The average Bonchev–Trinajstić information content (AvgIpc) is 3.39. The van der Waals surface area contributed by atoms with Gasteiger partial charge in [-0.2, -0.15) is 0 Å². The fourth-order valence-corrected chi connectivity index (χ4v) is 5.36. The van der Waals surface area contributed by atoms with Gasteiger partial charge in [0.05, 0.1) is 29.4 Å². The van der Waals surface area contributed by atoms with E-state index in [0.717, 1.165) is 33.4 Å². The van der Waals surface area contributed by atoms with Gasteiger partial charge in [-0.15, -0.1) is 11.3 Å². The van der Waals surface area contributed by atoms with Crippen molar-refractivity contribution >= 4 is 43.9 Å². The monoisotopic (exact) mass is 565 g/mol. The molecule has 3 aromatic rings. The number of hydrogen-bond acceptors (Lipinski definition) is 9. The highest BCUT2D eigenvalue weighted by Gasteiger charge is 2.24. The maximum absolute atomic E-state index is 13.4. The molecule has 2 aromatic carbocycles. The molecule has 1 atom stereocenters. The van der Waals surface area contributed by atoms with E-state index in [-0.39, 0.29) is 24.1 Å². The maximum atomic E-state index is 13.4. The van der Waals surface area contributed by atoms with Gasteiger partial charge in [-0.1, -0.05) is 18.2 Å². The zero-order valence-corrected chi connectivity index (χ0v) is 23.0. The van der Waals surface area contributed by atoms with Gasteiger partial charge in [0.2, 0.25) is 0 Å². The lowest BCUT2D eigenvalue weighted by atomic mass is 9.92. The van der Waals surface area contributed by atoms with Crippen LogP contribution < -0.4 is 15.0 Å². The van der Waals surface area contributed by atoms with Gasteiger partial charge in [-0.3, -0.25) is 9.98 Å². The number of aliphatic imine (C=N–C) groups is 2. The summed E-state index contributed by atoms with van der Waals surface area (Å²) in [6.45, 7) is 1.66. The number of aromatic nitrogens is 1. The Morgan fingerprint density at radius 1 is 1.23 bits per heavy atom. The zero-order valence-electron chi connectivity index (χ0n) is 21.3. The van der Waals surface area contributed by atoms with Crippen molar-refractivity contribution in [2.45, 2.75) is 13.2 Å². The van der Waals surface area contributed by atoms with E-state index in [1.165, 1.54) is 29.7 Å². The molecule has 11 heteroatoms. The van der Waals surface area contributed by atoms with Crippen LogP contribution in [0.15, 0.2) is 87.9 Å². The van der Waals surface area contributed by atoms with Crippen molar-refractivity contribution in [1.82, 2.24) is 10.3 Å². The number of nitrogens with one attached hydrogen (secondary N) is 1. The predicted octanol–water partition coefficient (Wildman–Crippen LogP) is 4.69. The number of allylic oxidation sites excluding steroid dienone is 1. The summed E-state index contributed by atoms with van der Waals surface area (Å²) in [6, 6.07) is 13.8. The number of rotatable bonds is 10. The molecule has 1 N–H and O–H groups in total. The first-order valence-corrected chi connectivity index (χ1v) is 15.3. The van der Waals surface area contributed by atoms with E-state index in [1.807, 2.05) is 59.2 Å². The molecular formula is C28H28FN5O3S2. The highest BCUT2D eigenvalue weighted by atomic mass is 32.2. The van der Waals surface area contributed by atoms with Crippen molar-refractivity contribution in [2.24, 2.45) is 15.9 Å². The summed E-state index contributed by atoms with van der Waals surface area (Å²) in [7, 11) is -2.99. The lowest BCUT2D eigenvalue weighted by Crippen LogP contribution is -2.27. The fourth-order valence-electron chi connectivity index (χ4n) is 4.06. The molecular weight excluding hydrogens is 537 g/mol. The summed E-state index contributed by atoms with van der Waals surface area (Å²) in [5, 5.41) is 5.92. The molecule has 2 aliphatic heterocycles. The van der Waals surface area contributed by atoms with E-state index < -0.39 is 9.84 Å². The molecule has 0 aliphatic carbocycles. The molecule has 0 radical (unpaired) electrons. The minimum atomic E-state index is -2.99. The standard InChI is InChI=1S/C28H28FN5O3S2/c1-39(35,36)12-10-30-15-24-19-38-28(33-24)34-11-9-21-14-31-16-27(26(21)17-34)32-23-5-7-25(8-6-23)37-18-20-3-2-4-22(29)13-20/h2-9,11,13-14,17,19,21,30H,10,12,15-16,18H2,1H3. The number of benzene rings is 2. The van der Waals surface area contributed by atoms with Crippen LogP contribution in [0.4, 0.5) is 15.2 Å². The Morgan fingerprint density at radius 2 is 2.08 bits per heavy atom. The lowest BCUT2D eigenvalue weighted by Gasteiger charge is -2.26. The number of hydrogen-bond donors (Lipinski definition) is 1. The van der Waals surface area contributed by atoms with E-state index in [2.05, 4.69) is 16.4 Å². The van der Waals surface area contributed by atoms with Crippen molar-refractivity contribution in [2.75, 3.05) is 30.0 Å². The highest BCUT2D eigenvalue weighted by molar-refractivity contribution is 7.90. The van der Waals surface area contributed by atoms with E-state index in [1.54, 1.807) is 6.07 Å². The summed E-state index contributed by atoms with van der Waals surface area (Å²) >= 11 is 1.52. The molecule has 1 aromatic heterocycles. The fraction of sp³-hybridized carbons (Fsp3) is 0.250. The number of anilines is 1. The Kier molecular flexibility index (Phi) is 8.30. The van der Waals surface area contributed by atoms with Gasteiger partial charge in [-0.25, -0.2) is 17.8 Å². The topological polar surface area (TPSA) is 96.2 Å².